The molecule has 270 valence electrons. The number of allylic oxidation sites excluding steroid dienone is 1. The second kappa shape index (κ2) is 11.4. The molecule has 0 amide bonds. The van der Waals surface area contributed by atoms with E-state index in [9.17, 15) is 0 Å². The van der Waals surface area contributed by atoms with Crippen molar-refractivity contribution in [2.75, 3.05) is 0 Å². The molecule has 5 aromatic heterocycles. The molecule has 10 aromatic rings. The highest BCUT2D eigenvalue weighted by Gasteiger charge is 2.43. The third kappa shape index (κ3) is 4.39. The van der Waals surface area contributed by atoms with Gasteiger partial charge in [0.1, 0.15) is 0 Å². The second-order valence-electron chi connectivity index (χ2n) is 17.5. The molecule has 3 nitrogen and oxygen atoms in total. The van der Waals surface area contributed by atoms with Gasteiger partial charge in [0, 0.05) is 77.0 Å². The number of hydrogen-bond acceptors (Lipinski definition) is 1. The number of rotatable bonds is 0. The van der Waals surface area contributed by atoms with Gasteiger partial charge in [0.15, 0.2) is 24.1 Å². The van der Waals surface area contributed by atoms with Crippen LogP contribution in [-0.2, 0) is 11.8 Å². The standard InChI is InChI=1S/C52H43N3S/c1-30-18-21-43-35-13-7-6-12-34(35)37-20-19-32-25-47-42(27-39(32)46-26-33(52(3,4)5)22-23-53(46)31(2)24-45(37)54(43)29-30)49-50-40(36-14-8-10-16-44(36)55(47)50)28-41-38-15-9-11-17-48(38)56-51(41)49/h6-18,21-23,25-29,37,45H,2,19-20,24H2,1,3-5H3/q+2. The number of nitrogens with zero attached hydrogens (tertiary/aromatic N) is 3. The third-order valence-corrected chi connectivity index (χ3v) is 14.4. The molecule has 2 aliphatic heterocycles. The first-order chi connectivity index (χ1) is 27.2. The van der Waals surface area contributed by atoms with Crippen LogP contribution in [0.15, 0.2) is 134 Å². The molecule has 0 saturated carbocycles. The minimum Gasteiger partial charge on any atom is -0.308 e. The van der Waals surface area contributed by atoms with Gasteiger partial charge in [0.05, 0.1) is 28.5 Å². The first-order valence-corrected chi connectivity index (χ1v) is 21.0. The van der Waals surface area contributed by atoms with Crippen LogP contribution in [0.1, 0.15) is 67.8 Å². The van der Waals surface area contributed by atoms with E-state index in [4.69, 9.17) is 6.58 Å². The molecule has 5 aromatic carbocycles. The topological polar surface area (TPSA) is 12.2 Å². The molecule has 2 aliphatic rings. The third-order valence-electron chi connectivity index (χ3n) is 13.2. The molecule has 0 aliphatic carbocycles. The maximum atomic E-state index is 4.91. The Balaban J connectivity index is 1.19. The van der Waals surface area contributed by atoms with Crippen molar-refractivity contribution in [2.24, 2.45) is 0 Å². The average Bonchev–Trinajstić information content (AvgIpc) is 3.85. The maximum absolute atomic E-state index is 4.91. The lowest BCUT2D eigenvalue weighted by molar-refractivity contribution is -0.720. The van der Waals surface area contributed by atoms with Gasteiger partial charge in [-0.1, -0.05) is 75.4 Å². The lowest BCUT2D eigenvalue weighted by Gasteiger charge is -2.31. The van der Waals surface area contributed by atoms with Crippen LogP contribution in [0.25, 0.3) is 86.5 Å². The Hall–Kier alpha value is -5.84. The number of pyridine rings is 2. The zero-order chi connectivity index (χ0) is 37.6. The van der Waals surface area contributed by atoms with Crippen molar-refractivity contribution in [3.05, 3.63) is 156 Å². The summed E-state index contributed by atoms with van der Waals surface area (Å²) in [7, 11) is 0. The summed E-state index contributed by atoms with van der Waals surface area (Å²) in [6.45, 7) is 14.1. The van der Waals surface area contributed by atoms with Crippen molar-refractivity contribution in [3.8, 4) is 22.5 Å². The van der Waals surface area contributed by atoms with Crippen molar-refractivity contribution >= 4 is 75.3 Å². The van der Waals surface area contributed by atoms with Gasteiger partial charge in [-0.2, -0.15) is 9.13 Å². The molecule has 0 saturated heterocycles. The van der Waals surface area contributed by atoms with Crippen molar-refractivity contribution in [2.45, 2.75) is 64.3 Å². The molecule has 0 N–H and O–H groups in total. The average molecular weight is 742 g/mol. The van der Waals surface area contributed by atoms with Crippen LogP contribution < -0.4 is 9.13 Å². The highest BCUT2D eigenvalue weighted by atomic mass is 32.1. The quantitative estimate of drug-likeness (QED) is 0.137. The van der Waals surface area contributed by atoms with E-state index in [0.29, 0.717) is 5.92 Å². The van der Waals surface area contributed by atoms with Gasteiger partial charge < -0.3 is 4.40 Å². The number of hydrogen-bond donors (Lipinski definition) is 0. The molecule has 2 atom stereocenters. The Bertz CT molecular complexity index is 3320. The van der Waals surface area contributed by atoms with Crippen LogP contribution in [0.5, 0.6) is 0 Å². The number of aryl methyl sites for hydroxylation is 2. The van der Waals surface area contributed by atoms with Gasteiger partial charge in [0.2, 0.25) is 11.4 Å². The maximum Gasteiger partial charge on any atom is 0.218 e. The van der Waals surface area contributed by atoms with Crippen molar-refractivity contribution in [1.29, 1.82) is 0 Å². The predicted molar refractivity (Wildman–Crippen MR) is 235 cm³/mol. The zero-order valence-electron chi connectivity index (χ0n) is 32.4. The number of para-hydroxylation sites is 1. The summed E-state index contributed by atoms with van der Waals surface area (Å²) in [5.41, 5.74) is 15.8. The van der Waals surface area contributed by atoms with E-state index >= 15 is 0 Å². The van der Waals surface area contributed by atoms with Crippen molar-refractivity contribution in [1.82, 2.24) is 4.40 Å². The molecule has 2 unspecified atom stereocenters. The van der Waals surface area contributed by atoms with Gasteiger partial charge in [-0.3, -0.25) is 0 Å². The fraction of sp³-hybridized carbons (Fsp3) is 0.192. The van der Waals surface area contributed by atoms with E-state index in [-0.39, 0.29) is 11.5 Å². The normalized spacial score (nSPS) is 17.1. The largest absolute Gasteiger partial charge is 0.308 e. The SMILES string of the molecule is C=C1CC2C(CCc3cc4c(cc3-c3cc(C(C)(C)C)cc[n+]31)c1c3sc5ccccc5c3cc3c5ccccc5n4c31)c1ccccc1-c1ccc(C)c[n+]12. The fourth-order valence-electron chi connectivity index (χ4n) is 10.5. The van der Waals surface area contributed by atoms with Gasteiger partial charge in [-0.15, -0.1) is 11.3 Å². The minimum atomic E-state index is -0.000286. The second-order valence-corrected chi connectivity index (χ2v) is 18.5. The predicted octanol–water partition coefficient (Wildman–Crippen LogP) is 12.9. The number of aromatic nitrogens is 3. The number of fused-ring (bicyclic) bond motifs is 19. The Kier molecular flexibility index (Phi) is 6.58. The van der Waals surface area contributed by atoms with Gasteiger partial charge in [-0.25, -0.2) is 0 Å². The molecule has 7 heterocycles. The summed E-state index contributed by atoms with van der Waals surface area (Å²) < 4.78 is 10.3. The lowest BCUT2D eigenvalue weighted by atomic mass is 9.77. The molecule has 0 radical (unpaired) electrons. The molecule has 0 fully saturated rings. The van der Waals surface area contributed by atoms with E-state index in [0.717, 1.165) is 25.0 Å². The van der Waals surface area contributed by atoms with Crippen molar-refractivity contribution in [3.63, 3.8) is 0 Å². The van der Waals surface area contributed by atoms with E-state index in [1.54, 1.807) is 0 Å². The molecule has 0 bridgehead atoms. The van der Waals surface area contributed by atoms with Gasteiger partial charge >= 0.3 is 0 Å². The Morgan fingerprint density at radius 2 is 1.54 bits per heavy atom. The summed E-state index contributed by atoms with van der Waals surface area (Å²) in [5, 5.41) is 8.09. The van der Waals surface area contributed by atoms with Crippen LogP contribution >= 0.6 is 11.3 Å². The molecule has 56 heavy (non-hydrogen) atoms. The summed E-state index contributed by atoms with van der Waals surface area (Å²) in [5.74, 6) is 0.342. The molecule has 4 heteroatoms. The summed E-state index contributed by atoms with van der Waals surface area (Å²) in [6.07, 6.45) is 7.59. The summed E-state index contributed by atoms with van der Waals surface area (Å²) in [4.78, 5) is 0. The lowest BCUT2D eigenvalue weighted by Crippen LogP contribution is -2.49. The first kappa shape index (κ1) is 32.4. The molecule has 12 rings (SSSR count). The fourth-order valence-corrected chi connectivity index (χ4v) is 11.8. The van der Waals surface area contributed by atoms with E-state index in [1.165, 1.54) is 103 Å². The van der Waals surface area contributed by atoms with Crippen LogP contribution in [0, 0.1) is 6.92 Å². The smallest absolute Gasteiger partial charge is 0.218 e. The Morgan fingerprint density at radius 3 is 2.41 bits per heavy atom. The van der Waals surface area contributed by atoms with E-state index < -0.39 is 0 Å². The highest BCUT2D eigenvalue weighted by molar-refractivity contribution is 7.26. The summed E-state index contributed by atoms with van der Waals surface area (Å²) in [6, 6.07) is 44.4. The van der Waals surface area contributed by atoms with Crippen LogP contribution in [0.2, 0.25) is 0 Å². The molecular formula is C52H43N3S+2. The molecule has 0 spiro atoms. The monoisotopic (exact) mass is 741 g/mol. The first-order valence-electron chi connectivity index (χ1n) is 20.1. The van der Waals surface area contributed by atoms with Crippen LogP contribution in [0.4, 0.5) is 0 Å². The summed E-state index contributed by atoms with van der Waals surface area (Å²) >= 11 is 1.94. The zero-order valence-corrected chi connectivity index (χ0v) is 33.2. The van der Waals surface area contributed by atoms with Gasteiger partial charge in [0.25, 0.3) is 0 Å². The number of thiophene rings is 1. The van der Waals surface area contributed by atoms with Gasteiger partial charge in [-0.05, 0) is 90.9 Å². The number of benzene rings is 5. The highest BCUT2D eigenvalue weighted by Crippen LogP contribution is 2.50. The van der Waals surface area contributed by atoms with Crippen LogP contribution in [-0.4, -0.2) is 4.40 Å². The van der Waals surface area contributed by atoms with E-state index in [1.807, 2.05) is 11.3 Å². The van der Waals surface area contributed by atoms with Crippen LogP contribution in [0.3, 0.4) is 0 Å². The Morgan fingerprint density at radius 1 is 0.732 bits per heavy atom. The van der Waals surface area contributed by atoms with Crippen molar-refractivity contribution < 1.29 is 9.13 Å². The van der Waals surface area contributed by atoms with E-state index in [2.05, 4.69) is 169 Å². The minimum absolute atomic E-state index is 0.000286. The Labute approximate surface area is 330 Å². The molecular weight excluding hydrogens is 699 g/mol.